The van der Waals surface area contributed by atoms with Gasteiger partial charge in [-0.25, -0.2) is 0 Å². The molecule has 0 saturated carbocycles. The van der Waals surface area contributed by atoms with Crippen molar-refractivity contribution in [1.29, 1.82) is 0 Å². The molecule has 0 aliphatic carbocycles. The highest BCUT2D eigenvalue weighted by atomic mass is 15.2. The summed E-state index contributed by atoms with van der Waals surface area (Å²) in [5.74, 6) is 0. The third-order valence-corrected chi connectivity index (χ3v) is 13.3. The lowest BCUT2D eigenvalue weighted by atomic mass is 9.84. The van der Waals surface area contributed by atoms with E-state index in [-0.39, 0.29) is 0 Å². The third-order valence-electron chi connectivity index (χ3n) is 13.3. The summed E-state index contributed by atoms with van der Waals surface area (Å²) >= 11 is 0. The van der Waals surface area contributed by atoms with Gasteiger partial charge in [-0.15, -0.1) is 0 Å². The number of benzene rings is 10. The maximum atomic E-state index is 2.51. The van der Waals surface area contributed by atoms with E-state index in [1.54, 1.807) is 0 Å². The standard InChI is InChI=1S/C59H44N2/c1-39-25-27-45(28-26-39)58-50-35-33-47(61-56-23-10-5-16-43(56)31-32-44-17-6-11-24-57(44)61)38-53(50)59(49-20-12-18-40-13-2-7-19-48(40)49)51-36-34-46(37-52(51)58)60-54-21-8-3-14-41(54)29-30-42-15-4-9-22-55(42)60/h2-28,33-38H,29-32H2,1H3. The van der Waals surface area contributed by atoms with Crippen molar-refractivity contribution in [2.24, 2.45) is 0 Å². The number of hydrogen-bond acceptors (Lipinski definition) is 2. The number of nitrogens with zero attached hydrogens (tertiary/aromatic N) is 2. The van der Waals surface area contributed by atoms with Gasteiger partial charge in [0.1, 0.15) is 0 Å². The van der Waals surface area contributed by atoms with Crippen molar-refractivity contribution in [3.05, 3.63) is 228 Å². The van der Waals surface area contributed by atoms with E-state index in [0.29, 0.717) is 0 Å². The zero-order valence-corrected chi connectivity index (χ0v) is 34.3. The number of aryl methyl sites for hydroxylation is 5. The molecule has 2 aliphatic rings. The van der Waals surface area contributed by atoms with Gasteiger partial charge in [0.25, 0.3) is 0 Å². The van der Waals surface area contributed by atoms with Gasteiger partial charge in [-0.2, -0.15) is 0 Å². The molecule has 10 aromatic rings. The predicted molar refractivity (Wildman–Crippen MR) is 259 cm³/mol. The first-order chi connectivity index (χ1) is 30.2. The van der Waals surface area contributed by atoms with Gasteiger partial charge >= 0.3 is 0 Å². The molecular weight excluding hydrogens is 737 g/mol. The number of fused-ring (bicyclic) bond motifs is 7. The summed E-state index contributed by atoms with van der Waals surface area (Å²) in [6, 6.07) is 75.2. The fraction of sp³-hybridized carbons (Fsp3) is 0.0847. The summed E-state index contributed by atoms with van der Waals surface area (Å²) in [6.45, 7) is 2.18. The second-order valence-electron chi connectivity index (χ2n) is 16.8. The predicted octanol–water partition coefficient (Wildman–Crippen LogP) is 15.9. The Morgan fingerprint density at radius 3 is 1.28 bits per heavy atom. The van der Waals surface area contributed by atoms with Crippen LogP contribution < -0.4 is 9.80 Å². The molecular formula is C59H44N2. The molecule has 0 spiro atoms. The van der Waals surface area contributed by atoms with E-state index in [1.165, 1.54) is 117 Å². The average Bonchev–Trinajstić information content (AvgIpc) is 3.59. The molecule has 10 aromatic carbocycles. The molecule has 0 N–H and O–H groups in total. The van der Waals surface area contributed by atoms with E-state index in [9.17, 15) is 0 Å². The van der Waals surface area contributed by atoms with Gasteiger partial charge in [-0.05, 0) is 158 Å². The van der Waals surface area contributed by atoms with Gasteiger partial charge < -0.3 is 9.80 Å². The van der Waals surface area contributed by atoms with Crippen LogP contribution in [-0.2, 0) is 25.7 Å². The average molecular weight is 781 g/mol. The van der Waals surface area contributed by atoms with Crippen molar-refractivity contribution in [3.8, 4) is 22.3 Å². The van der Waals surface area contributed by atoms with E-state index >= 15 is 0 Å². The van der Waals surface area contributed by atoms with Crippen LogP contribution in [0.15, 0.2) is 200 Å². The van der Waals surface area contributed by atoms with Crippen LogP contribution in [0.5, 0.6) is 0 Å². The van der Waals surface area contributed by atoms with Gasteiger partial charge in [0.05, 0.1) is 0 Å². The quantitative estimate of drug-likeness (QED) is 0.164. The van der Waals surface area contributed by atoms with Gasteiger partial charge in [-0.3, -0.25) is 0 Å². The van der Waals surface area contributed by atoms with Gasteiger partial charge in [0.15, 0.2) is 0 Å². The molecule has 290 valence electrons. The van der Waals surface area contributed by atoms with Crippen LogP contribution in [0.3, 0.4) is 0 Å². The molecule has 0 amide bonds. The highest BCUT2D eigenvalue weighted by Gasteiger charge is 2.27. The van der Waals surface area contributed by atoms with E-state index < -0.39 is 0 Å². The van der Waals surface area contributed by atoms with Crippen LogP contribution in [0.1, 0.15) is 27.8 Å². The first-order valence-electron chi connectivity index (χ1n) is 21.7. The maximum Gasteiger partial charge on any atom is 0.0493 e. The second-order valence-corrected chi connectivity index (χ2v) is 16.8. The lowest BCUT2D eigenvalue weighted by molar-refractivity contribution is 0.977. The van der Waals surface area contributed by atoms with Crippen molar-refractivity contribution < 1.29 is 0 Å². The topological polar surface area (TPSA) is 6.48 Å². The number of hydrogen-bond donors (Lipinski definition) is 0. The molecule has 2 heteroatoms. The second kappa shape index (κ2) is 14.4. The summed E-state index contributed by atoms with van der Waals surface area (Å²) in [7, 11) is 0. The molecule has 2 heterocycles. The SMILES string of the molecule is Cc1ccc(-c2c3cc(N4c5ccccc5CCc5ccccc54)ccc3c(-c3cccc4ccccc34)c3cc(N4c5ccccc5CCc5ccccc54)ccc23)cc1. The fourth-order valence-electron chi connectivity index (χ4n) is 10.4. The maximum absolute atomic E-state index is 2.51. The Kier molecular flexibility index (Phi) is 8.38. The van der Waals surface area contributed by atoms with Crippen molar-refractivity contribution in [2.75, 3.05) is 9.80 Å². The van der Waals surface area contributed by atoms with E-state index in [1.807, 2.05) is 0 Å². The van der Waals surface area contributed by atoms with Crippen molar-refractivity contribution in [1.82, 2.24) is 0 Å². The Hall–Kier alpha value is -7.42. The molecule has 12 rings (SSSR count). The van der Waals surface area contributed by atoms with Crippen LogP contribution >= 0.6 is 0 Å². The number of anilines is 6. The Bertz CT molecular complexity index is 3240. The largest absolute Gasteiger partial charge is 0.310 e. The van der Waals surface area contributed by atoms with Crippen LogP contribution in [-0.4, -0.2) is 0 Å². The van der Waals surface area contributed by atoms with Gasteiger partial charge in [0, 0.05) is 34.1 Å². The molecule has 0 fully saturated rings. The van der Waals surface area contributed by atoms with E-state index in [2.05, 4.69) is 217 Å². The van der Waals surface area contributed by atoms with Crippen molar-refractivity contribution >= 4 is 66.4 Å². The zero-order valence-electron chi connectivity index (χ0n) is 34.3. The van der Waals surface area contributed by atoms with Gasteiger partial charge in [-0.1, -0.05) is 157 Å². The first-order valence-corrected chi connectivity index (χ1v) is 21.7. The highest BCUT2D eigenvalue weighted by molar-refractivity contribution is 6.24. The third kappa shape index (κ3) is 5.85. The molecule has 2 aliphatic heterocycles. The zero-order chi connectivity index (χ0) is 40.4. The molecule has 0 bridgehead atoms. The van der Waals surface area contributed by atoms with Crippen LogP contribution in [0.2, 0.25) is 0 Å². The highest BCUT2D eigenvalue weighted by Crippen LogP contribution is 2.51. The summed E-state index contributed by atoms with van der Waals surface area (Å²) in [5, 5.41) is 7.47. The van der Waals surface area contributed by atoms with Crippen molar-refractivity contribution in [2.45, 2.75) is 32.6 Å². The van der Waals surface area contributed by atoms with Crippen molar-refractivity contribution in [3.63, 3.8) is 0 Å². The summed E-state index contributed by atoms with van der Waals surface area (Å²) in [5.41, 5.74) is 19.1. The first kappa shape index (κ1) is 35.5. The van der Waals surface area contributed by atoms with Crippen LogP contribution in [0.4, 0.5) is 34.1 Å². The molecule has 0 aromatic heterocycles. The minimum atomic E-state index is 1.01. The smallest absolute Gasteiger partial charge is 0.0493 e. The Balaban J connectivity index is 1.21. The minimum Gasteiger partial charge on any atom is -0.310 e. The Morgan fingerprint density at radius 2 is 0.754 bits per heavy atom. The molecule has 0 atom stereocenters. The molecule has 2 nitrogen and oxygen atoms in total. The molecule has 0 radical (unpaired) electrons. The minimum absolute atomic E-state index is 1.01. The Morgan fingerprint density at radius 1 is 0.328 bits per heavy atom. The number of rotatable bonds is 4. The van der Waals surface area contributed by atoms with Crippen LogP contribution in [0, 0.1) is 6.92 Å². The van der Waals surface area contributed by atoms with E-state index in [4.69, 9.17) is 0 Å². The molecule has 0 unspecified atom stereocenters. The lowest BCUT2D eigenvalue weighted by Gasteiger charge is -2.29. The van der Waals surface area contributed by atoms with Gasteiger partial charge in [0.2, 0.25) is 0 Å². The molecule has 61 heavy (non-hydrogen) atoms. The summed E-state index contributed by atoms with van der Waals surface area (Å²) < 4.78 is 0. The lowest BCUT2D eigenvalue weighted by Crippen LogP contribution is -2.12. The summed E-state index contributed by atoms with van der Waals surface area (Å²) in [6.07, 6.45) is 4.04. The normalized spacial score (nSPS) is 13.3. The monoisotopic (exact) mass is 780 g/mol. The summed E-state index contributed by atoms with van der Waals surface area (Å²) in [4.78, 5) is 5.02. The van der Waals surface area contributed by atoms with E-state index in [0.717, 1.165) is 25.7 Å². The van der Waals surface area contributed by atoms with Crippen LogP contribution in [0.25, 0.3) is 54.6 Å². The number of para-hydroxylation sites is 4. The Labute approximate surface area is 357 Å². The molecule has 0 saturated heterocycles. The fourth-order valence-corrected chi connectivity index (χ4v) is 10.4.